The van der Waals surface area contributed by atoms with Crippen LogP contribution in [0.25, 0.3) is 0 Å². The highest BCUT2D eigenvalue weighted by atomic mass is 127. The molecule has 0 aliphatic carbocycles. The highest BCUT2D eigenvalue weighted by Crippen LogP contribution is 2.30. The number of halogens is 4. The van der Waals surface area contributed by atoms with E-state index in [1.807, 2.05) is 12.1 Å². The van der Waals surface area contributed by atoms with Crippen molar-refractivity contribution in [2.45, 2.75) is 6.61 Å². The van der Waals surface area contributed by atoms with Crippen molar-refractivity contribution in [2.24, 2.45) is 0 Å². The zero-order chi connectivity index (χ0) is 14.0. The Labute approximate surface area is 151 Å². The van der Waals surface area contributed by atoms with Crippen molar-refractivity contribution in [1.82, 2.24) is 0 Å². The number of anilines is 1. The zero-order valence-corrected chi connectivity index (χ0v) is 16.1. The lowest BCUT2D eigenvalue weighted by molar-refractivity contribution is 0.295. The first-order chi connectivity index (χ1) is 8.97. The molecule has 0 aromatic heterocycles. The Morgan fingerprint density at radius 2 is 1.68 bits per heavy atom. The molecule has 0 saturated heterocycles. The fourth-order valence-electron chi connectivity index (χ4n) is 1.50. The van der Waals surface area contributed by atoms with Crippen LogP contribution in [0.15, 0.2) is 30.3 Å². The van der Waals surface area contributed by atoms with Crippen LogP contribution in [-0.2, 0) is 6.61 Å². The van der Waals surface area contributed by atoms with E-state index < -0.39 is 0 Å². The number of hydrogen-bond donors (Lipinski definition) is 1. The summed E-state index contributed by atoms with van der Waals surface area (Å²) in [5.74, 6) is 0.452. The maximum Gasteiger partial charge on any atom is 0.146 e. The minimum absolute atomic E-state index is 0.193. The molecule has 2 N–H and O–H groups in total. The molecule has 19 heavy (non-hydrogen) atoms. The first kappa shape index (κ1) is 15.5. The van der Waals surface area contributed by atoms with E-state index in [1.165, 1.54) is 6.07 Å². The molecule has 0 atom stereocenters. The lowest BCUT2D eigenvalue weighted by Crippen LogP contribution is -2.02. The third-order valence-corrected chi connectivity index (χ3v) is 4.64. The standard InChI is InChI=1S/C13H9FI3NO/c14-10-5-9(18)2-1-7(10)6-19-13-11(16)3-8(15)4-12(13)17/h1-5H,6,18H2. The van der Waals surface area contributed by atoms with Gasteiger partial charge in [-0.25, -0.2) is 4.39 Å². The van der Waals surface area contributed by atoms with Gasteiger partial charge in [-0.2, -0.15) is 0 Å². The predicted molar refractivity (Wildman–Crippen MR) is 99.7 cm³/mol. The number of nitrogen functional groups attached to an aromatic ring is 1. The molecule has 0 aliphatic rings. The van der Waals surface area contributed by atoms with Gasteiger partial charge in [0.2, 0.25) is 0 Å². The first-order valence-corrected chi connectivity index (χ1v) is 8.52. The van der Waals surface area contributed by atoms with Gasteiger partial charge in [-0.3, -0.25) is 0 Å². The minimum Gasteiger partial charge on any atom is -0.487 e. The number of benzene rings is 2. The molecule has 0 aliphatic heterocycles. The van der Waals surface area contributed by atoms with Gasteiger partial charge in [0.15, 0.2) is 0 Å². The normalized spacial score (nSPS) is 10.5. The van der Waals surface area contributed by atoms with Crippen molar-refractivity contribution >= 4 is 73.5 Å². The lowest BCUT2D eigenvalue weighted by Gasteiger charge is -2.11. The summed E-state index contributed by atoms with van der Waals surface area (Å²) in [5, 5.41) is 0. The van der Waals surface area contributed by atoms with Crippen molar-refractivity contribution in [3.63, 3.8) is 0 Å². The van der Waals surface area contributed by atoms with Gasteiger partial charge in [0, 0.05) is 14.8 Å². The average Bonchev–Trinajstić information content (AvgIpc) is 2.30. The van der Waals surface area contributed by atoms with E-state index in [0.29, 0.717) is 11.3 Å². The fourth-order valence-corrected chi connectivity index (χ4v) is 5.39. The number of nitrogens with two attached hydrogens (primary N) is 1. The van der Waals surface area contributed by atoms with Crippen LogP contribution in [0, 0.1) is 16.5 Å². The van der Waals surface area contributed by atoms with Gasteiger partial charge >= 0.3 is 0 Å². The molecule has 0 unspecified atom stereocenters. The van der Waals surface area contributed by atoms with E-state index in [-0.39, 0.29) is 12.4 Å². The summed E-state index contributed by atoms with van der Waals surface area (Å²) < 4.78 is 22.6. The van der Waals surface area contributed by atoms with Crippen LogP contribution < -0.4 is 10.5 Å². The Kier molecular flexibility index (Phi) is 5.52. The van der Waals surface area contributed by atoms with Crippen LogP contribution in [0.3, 0.4) is 0 Å². The molecule has 0 amide bonds. The smallest absolute Gasteiger partial charge is 0.146 e. The number of rotatable bonds is 3. The van der Waals surface area contributed by atoms with E-state index in [4.69, 9.17) is 10.5 Å². The minimum atomic E-state index is -0.337. The molecule has 6 heteroatoms. The molecule has 2 rings (SSSR count). The summed E-state index contributed by atoms with van der Waals surface area (Å²) in [7, 11) is 0. The molecular weight excluding hydrogens is 586 g/mol. The highest BCUT2D eigenvalue weighted by molar-refractivity contribution is 14.1. The van der Waals surface area contributed by atoms with E-state index in [1.54, 1.807) is 12.1 Å². The van der Waals surface area contributed by atoms with Crippen molar-refractivity contribution in [1.29, 1.82) is 0 Å². The third-order valence-electron chi connectivity index (χ3n) is 2.41. The Balaban J connectivity index is 2.19. The van der Waals surface area contributed by atoms with Crippen molar-refractivity contribution in [3.05, 3.63) is 52.4 Å². The van der Waals surface area contributed by atoms with Crippen LogP contribution in [0.2, 0.25) is 0 Å². The average molecular weight is 595 g/mol. The SMILES string of the molecule is Nc1ccc(COc2c(I)cc(I)cc2I)c(F)c1. The maximum absolute atomic E-state index is 13.7. The monoisotopic (exact) mass is 595 g/mol. The van der Waals surface area contributed by atoms with E-state index in [0.717, 1.165) is 16.5 Å². The topological polar surface area (TPSA) is 35.2 Å². The third kappa shape index (κ3) is 4.06. The van der Waals surface area contributed by atoms with E-state index in [9.17, 15) is 4.39 Å². The largest absolute Gasteiger partial charge is 0.487 e. The summed E-state index contributed by atoms with van der Waals surface area (Å²) >= 11 is 6.70. The molecule has 0 bridgehead atoms. The van der Waals surface area contributed by atoms with Crippen molar-refractivity contribution in [2.75, 3.05) is 5.73 Å². The van der Waals surface area contributed by atoms with Gasteiger partial charge in [-0.05, 0) is 92.0 Å². The lowest BCUT2D eigenvalue weighted by atomic mass is 10.2. The molecule has 0 radical (unpaired) electrons. The quantitative estimate of drug-likeness (QED) is 0.410. The summed E-state index contributed by atoms with van der Waals surface area (Å²) in [6.45, 7) is 0.193. The van der Waals surface area contributed by atoms with Crippen molar-refractivity contribution in [3.8, 4) is 5.75 Å². The molecule has 2 nitrogen and oxygen atoms in total. The van der Waals surface area contributed by atoms with Crippen LogP contribution in [-0.4, -0.2) is 0 Å². The van der Waals surface area contributed by atoms with Crippen LogP contribution in [0.1, 0.15) is 5.56 Å². The van der Waals surface area contributed by atoms with Gasteiger partial charge in [0.25, 0.3) is 0 Å². The van der Waals surface area contributed by atoms with E-state index >= 15 is 0 Å². The summed E-state index contributed by atoms with van der Waals surface area (Å²) in [6.07, 6.45) is 0. The van der Waals surface area contributed by atoms with Crippen molar-refractivity contribution < 1.29 is 9.13 Å². The van der Waals surface area contributed by atoms with Gasteiger partial charge < -0.3 is 10.5 Å². The summed E-state index contributed by atoms with van der Waals surface area (Å²) in [6, 6.07) is 8.68. The Bertz CT molecular complexity index is 596. The first-order valence-electron chi connectivity index (χ1n) is 5.28. The van der Waals surface area contributed by atoms with Gasteiger partial charge in [-0.1, -0.05) is 6.07 Å². The fraction of sp³-hybridized carbons (Fsp3) is 0.0769. The molecule has 0 heterocycles. The number of hydrogen-bond acceptors (Lipinski definition) is 2. The second-order valence-corrected chi connectivity index (χ2v) is 7.41. The van der Waals surface area contributed by atoms with Crippen LogP contribution in [0.5, 0.6) is 5.75 Å². The Morgan fingerprint density at radius 1 is 1.05 bits per heavy atom. The van der Waals surface area contributed by atoms with E-state index in [2.05, 4.69) is 67.8 Å². The number of ether oxygens (including phenoxy) is 1. The Morgan fingerprint density at radius 3 is 2.26 bits per heavy atom. The molecule has 2 aromatic carbocycles. The second kappa shape index (κ2) is 6.74. The molecule has 2 aromatic rings. The predicted octanol–water partition coefficient (Wildman–Crippen LogP) is 4.80. The molecule has 0 saturated carbocycles. The van der Waals surface area contributed by atoms with Gasteiger partial charge in [-0.15, -0.1) is 0 Å². The zero-order valence-electron chi connectivity index (χ0n) is 9.59. The van der Waals surface area contributed by atoms with Gasteiger partial charge in [0.1, 0.15) is 18.2 Å². The molecule has 0 spiro atoms. The summed E-state index contributed by atoms with van der Waals surface area (Å²) in [4.78, 5) is 0. The highest BCUT2D eigenvalue weighted by Gasteiger charge is 2.10. The van der Waals surface area contributed by atoms with Crippen LogP contribution >= 0.6 is 67.8 Å². The van der Waals surface area contributed by atoms with Crippen LogP contribution in [0.4, 0.5) is 10.1 Å². The molecular formula is C13H9FI3NO. The molecule has 0 fully saturated rings. The summed E-state index contributed by atoms with van der Waals surface area (Å²) in [5.41, 5.74) is 6.43. The maximum atomic E-state index is 13.7. The second-order valence-electron chi connectivity index (χ2n) is 3.84. The van der Waals surface area contributed by atoms with Gasteiger partial charge in [0.05, 0.1) is 7.14 Å². The molecule has 100 valence electrons. The Hall–Kier alpha value is 0.160.